The van der Waals surface area contributed by atoms with Crippen LogP contribution in [-0.2, 0) is 33.3 Å². The number of nitrogens with zero attached hydrogens (tertiary/aromatic N) is 2. The molecule has 2 aromatic rings. The van der Waals surface area contributed by atoms with Gasteiger partial charge in [-0.1, -0.05) is 43.7 Å². The van der Waals surface area contributed by atoms with Crippen LogP contribution in [0.5, 0.6) is 0 Å². The summed E-state index contributed by atoms with van der Waals surface area (Å²) < 4.78 is 56.3. The summed E-state index contributed by atoms with van der Waals surface area (Å²) in [6.45, 7) is 3.91. The molecule has 1 fully saturated rings. The van der Waals surface area contributed by atoms with Crippen LogP contribution in [0.25, 0.3) is 0 Å². The maximum absolute atomic E-state index is 15.6. The number of rotatable bonds is 16. The number of ether oxygens (including phenoxy) is 5. The van der Waals surface area contributed by atoms with Crippen molar-refractivity contribution in [3.63, 3.8) is 0 Å². The van der Waals surface area contributed by atoms with Gasteiger partial charge in [-0.05, 0) is 38.0 Å². The minimum Gasteiger partial charge on any atom is -0.463 e. The first-order chi connectivity index (χ1) is 22.0. The van der Waals surface area contributed by atoms with Crippen LogP contribution in [0.2, 0.25) is 0 Å². The summed E-state index contributed by atoms with van der Waals surface area (Å²) in [5.74, 6) is -5.11. The fourth-order valence-corrected chi connectivity index (χ4v) is 4.35. The van der Waals surface area contributed by atoms with E-state index < -0.39 is 54.9 Å². The highest BCUT2D eigenvalue weighted by Crippen LogP contribution is 2.44. The minimum absolute atomic E-state index is 0.0338. The molecular formula is C30H36F2N4O10. The summed E-state index contributed by atoms with van der Waals surface area (Å²) in [7, 11) is 0. The molecular weight excluding hydrogens is 614 g/mol. The minimum atomic E-state index is -4.02. The second kappa shape index (κ2) is 17.6. The molecule has 46 heavy (non-hydrogen) atoms. The number of hydrogen-bond donors (Lipinski definition) is 2. The molecule has 0 radical (unpaired) electrons. The molecule has 14 nitrogen and oxygen atoms in total. The molecule has 2 N–H and O–H groups in total. The predicted octanol–water partition coefficient (Wildman–Crippen LogP) is 4.57. The van der Waals surface area contributed by atoms with E-state index in [9.17, 15) is 24.0 Å². The normalized spacial score (nSPS) is 18.2. The van der Waals surface area contributed by atoms with E-state index in [1.807, 2.05) is 18.2 Å². The fourth-order valence-electron chi connectivity index (χ4n) is 4.35. The maximum atomic E-state index is 15.6. The van der Waals surface area contributed by atoms with Gasteiger partial charge in [0.05, 0.1) is 6.61 Å². The number of alkyl halides is 2. The average molecular weight is 651 g/mol. The summed E-state index contributed by atoms with van der Waals surface area (Å²) in [6, 6.07) is 10.1. The lowest BCUT2D eigenvalue weighted by atomic mass is 10.1. The van der Waals surface area contributed by atoms with Gasteiger partial charge in [0.2, 0.25) is 18.2 Å². The second-order valence-electron chi connectivity index (χ2n) is 9.95. The first kappa shape index (κ1) is 35.6. The van der Waals surface area contributed by atoms with Gasteiger partial charge in [0.25, 0.3) is 0 Å². The third-order valence-electron chi connectivity index (χ3n) is 6.48. The van der Waals surface area contributed by atoms with Crippen LogP contribution in [0.15, 0.2) is 60.0 Å². The quantitative estimate of drug-likeness (QED) is 0.113. The third kappa shape index (κ3) is 10.6. The van der Waals surface area contributed by atoms with Crippen LogP contribution >= 0.6 is 0 Å². The van der Waals surface area contributed by atoms with E-state index >= 15 is 8.78 Å². The zero-order chi connectivity index (χ0) is 33.5. The summed E-state index contributed by atoms with van der Waals surface area (Å²) in [5, 5.41) is 4.97. The molecule has 1 aliphatic rings. The number of unbranched alkanes of at least 4 members (excludes halogenated alkanes) is 3. The number of nitrogens with one attached hydrogen (secondary N) is 2. The van der Waals surface area contributed by atoms with Crippen LogP contribution < -0.4 is 16.3 Å². The van der Waals surface area contributed by atoms with Crippen LogP contribution in [0.3, 0.4) is 0 Å². The number of benzene rings is 1. The van der Waals surface area contributed by atoms with E-state index in [1.54, 1.807) is 19.1 Å². The number of carbonyl (C=O) groups is 4. The zero-order valence-corrected chi connectivity index (χ0v) is 25.2. The van der Waals surface area contributed by atoms with E-state index in [2.05, 4.69) is 26.9 Å². The largest absolute Gasteiger partial charge is 0.509 e. The van der Waals surface area contributed by atoms with E-state index in [0.29, 0.717) is 42.4 Å². The van der Waals surface area contributed by atoms with Gasteiger partial charge in [-0.15, -0.1) is 0 Å². The molecule has 0 aliphatic carbocycles. The number of anilines is 2. The van der Waals surface area contributed by atoms with Gasteiger partial charge in [-0.25, -0.2) is 14.4 Å². The Balaban J connectivity index is 1.54. The van der Waals surface area contributed by atoms with Crippen molar-refractivity contribution in [3.8, 4) is 0 Å². The monoisotopic (exact) mass is 650 g/mol. The number of amides is 2. The van der Waals surface area contributed by atoms with Crippen LogP contribution in [0.4, 0.5) is 29.9 Å². The molecule has 0 saturated carbocycles. The van der Waals surface area contributed by atoms with Gasteiger partial charge < -0.3 is 29.0 Å². The Labute approximate surface area is 263 Å². The van der Waals surface area contributed by atoms with E-state index in [4.69, 9.17) is 18.9 Å². The SMILES string of the molecule is C=CCOC(=O)O[C@@H]1[C@@H](COC(=O)CCCCCCC(=O)Nc2ccccc2)O[C@@H](n2ccc(NC(=O)OCC)nc2=O)C1(F)F. The Bertz CT molecular complexity index is 1410. The van der Waals surface area contributed by atoms with Crippen molar-refractivity contribution in [1.82, 2.24) is 9.55 Å². The van der Waals surface area contributed by atoms with Crippen molar-refractivity contribution in [2.45, 2.75) is 69.8 Å². The molecule has 1 aromatic carbocycles. The van der Waals surface area contributed by atoms with Gasteiger partial charge in [0.15, 0.2) is 0 Å². The zero-order valence-electron chi connectivity index (χ0n) is 25.2. The molecule has 250 valence electrons. The molecule has 0 bridgehead atoms. The van der Waals surface area contributed by atoms with Gasteiger partial charge in [-0.2, -0.15) is 13.8 Å². The van der Waals surface area contributed by atoms with E-state index in [-0.39, 0.29) is 31.4 Å². The highest BCUT2D eigenvalue weighted by Gasteiger charge is 2.63. The van der Waals surface area contributed by atoms with Crippen molar-refractivity contribution in [1.29, 1.82) is 0 Å². The first-order valence-corrected chi connectivity index (χ1v) is 14.6. The molecule has 3 rings (SSSR count). The van der Waals surface area contributed by atoms with Crippen molar-refractivity contribution in [2.75, 3.05) is 30.5 Å². The number of aromatic nitrogens is 2. The van der Waals surface area contributed by atoms with Crippen LogP contribution in [-0.4, -0.2) is 71.6 Å². The smallest absolute Gasteiger partial charge is 0.463 e. The van der Waals surface area contributed by atoms with Crippen molar-refractivity contribution >= 4 is 35.6 Å². The Morgan fingerprint density at radius 1 is 1.02 bits per heavy atom. The summed E-state index contributed by atoms with van der Waals surface area (Å²) in [4.78, 5) is 64.2. The maximum Gasteiger partial charge on any atom is 0.509 e. The molecule has 3 atom stereocenters. The van der Waals surface area contributed by atoms with Crippen LogP contribution in [0, 0.1) is 0 Å². The average Bonchev–Trinajstić information content (AvgIpc) is 3.26. The van der Waals surface area contributed by atoms with Gasteiger partial charge in [0.1, 0.15) is 25.1 Å². The van der Waals surface area contributed by atoms with Gasteiger partial charge >= 0.3 is 29.8 Å². The molecule has 1 aliphatic heterocycles. The lowest BCUT2D eigenvalue weighted by Crippen LogP contribution is -2.45. The molecule has 2 heterocycles. The van der Waals surface area contributed by atoms with Crippen molar-refractivity contribution in [3.05, 3.63) is 65.7 Å². The van der Waals surface area contributed by atoms with Gasteiger partial charge in [0, 0.05) is 24.7 Å². The van der Waals surface area contributed by atoms with Crippen molar-refractivity contribution < 1.29 is 51.6 Å². The highest BCUT2D eigenvalue weighted by molar-refractivity contribution is 5.90. The molecule has 1 saturated heterocycles. The van der Waals surface area contributed by atoms with Gasteiger partial charge in [-0.3, -0.25) is 19.5 Å². The molecule has 0 spiro atoms. The number of halogens is 2. The Kier molecular flexibility index (Phi) is 13.6. The van der Waals surface area contributed by atoms with Crippen molar-refractivity contribution in [2.24, 2.45) is 0 Å². The number of para-hydroxylation sites is 1. The Morgan fingerprint density at radius 3 is 2.41 bits per heavy atom. The topological polar surface area (TPSA) is 173 Å². The molecule has 16 heteroatoms. The molecule has 1 aromatic heterocycles. The molecule has 0 unspecified atom stereocenters. The third-order valence-corrected chi connectivity index (χ3v) is 6.48. The summed E-state index contributed by atoms with van der Waals surface area (Å²) in [5.41, 5.74) is -0.515. The summed E-state index contributed by atoms with van der Waals surface area (Å²) in [6.07, 6.45) is -3.98. The number of carbonyl (C=O) groups excluding carboxylic acids is 4. The molecule has 2 amide bonds. The Morgan fingerprint density at radius 2 is 1.74 bits per heavy atom. The number of hydrogen-bond acceptors (Lipinski definition) is 11. The Hall–Kier alpha value is -4.86. The lowest BCUT2D eigenvalue weighted by molar-refractivity contribution is -0.150. The summed E-state index contributed by atoms with van der Waals surface area (Å²) >= 11 is 0. The van der Waals surface area contributed by atoms with E-state index in [0.717, 1.165) is 12.3 Å². The van der Waals surface area contributed by atoms with Crippen LogP contribution in [0.1, 0.15) is 51.7 Å². The number of esters is 1. The highest BCUT2D eigenvalue weighted by atomic mass is 19.3. The van der Waals surface area contributed by atoms with E-state index in [1.165, 1.54) is 6.08 Å². The fraction of sp³-hybridized carbons (Fsp3) is 0.467. The predicted molar refractivity (Wildman–Crippen MR) is 158 cm³/mol. The second-order valence-corrected chi connectivity index (χ2v) is 9.95. The lowest BCUT2D eigenvalue weighted by Gasteiger charge is -2.23. The standard InChI is InChI=1S/C30H36F2N4O10/c1-3-18-43-29(41)46-25-21(19-44-24(38)15-11-6-5-10-14-23(37)33-20-12-8-7-9-13-20)45-26(30(25,31)32)36-17-16-22(34-27(36)39)35-28(40)42-4-2/h3,7-9,12-13,16-17,21,25-26H,1,4-6,10-11,14-15,18-19H2,2H3,(H,33,37)(H,34,35,39,40)/t21-,25-,26-/m1/s1. The first-order valence-electron chi connectivity index (χ1n) is 14.6.